The highest BCUT2D eigenvalue weighted by molar-refractivity contribution is 5.61. The molecule has 4 saturated carbocycles. The monoisotopic (exact) mass is 461 g/mol. The van der Waals surface area contributed by atoms with Crippen LogP contribution in [0.4, 0.5) is 23.1 Å². The second-order valence-electron chi connectivity index (χ2n) is 11.7. The molecule has 0 spiro atoms. The number of aromatic nitrogens is 2. The number of aliphatic hydroxyl groups is 2. The number of anilines is 4. The van der Waals surface area contributed by atoms with Gasteiger partial charge in [-0.1, -0.05) is 0 Å². The number of rotatable bonds is 5. The molecule has 7 heteroatoms. The lowest BCUT2D eigenvalue weighted by Crippen LogP contribution is -2.59. The van der Waals surface area contributed by atoms with Gasteiger partial charge in [0.15, 0.2) is 0 Å². The minimum atomic E-state index is -0.410. The Morgan fingerprint density at radius 3 is 2.29 bits per heavy atom. The van der Waals surface area contributed by atoms with Crippen LogP contribution in [0.5, 0.6) is 0 Å². The van der Waals surface area contributed by atoms with E-state index in [2.05, 4.69) is 44.8 Å². The molecular formula is C27H35N5O2. The molecule has 0 radical (unpaired) electrons. The molecule has 4 atom stereocenters. The van der Waals surface area contributed by atoms with Crippen LogP contribution < -0.4 is 15.5 Å². The van der Waals surface area contributed by atoms with Crippen molar-refractivity contribution in [2.45, 2.75) is 87.6 Å². The maximum atomic E-state index is 10.9. The molecule has 2 aromatic rings. The summed E-state index contributed by atoms with van der Waals surface area (Å²) in [6.45, 7) is 0. The molecule has 0 amide bonds. The molecule has 8 rings (SSSR count). The van der Waals surface area contributed by atoms with Crippen molar-refractivity contribution >= 4 is 23.1 Å². The molecule has 34 heavy (non-hydrogen) atoms. The number of nitrogens with one attached hydrogen (secondary N) is 2. The van der Waals surface area contributed by atoms with Crippen molar-refractivity contribution in [3.63, 3.8) is 0 Å². The average Bonchev–Trinajstić information content (AvgIpc) is 3.07. The topological polar surface area (TPSA) is 93.5 Å². The molecule has 6 fully saturated rings. The van der Waals surface area contributed by atoms with E-state index in [0.29, 0.717) is 41.8 Å². The van der Waals surface area contributed by atoms with Gasteiger partial charge in [-0.2, -0.15) is 4.98 Å². The first kappa shape index (κ1) is 20.9. The van der Waals surface area contributed by atoms with Gasteiger partial charge in [0.05, 0.1) is 11.7 Å². The van der Waals surface area contributed by atoms with Gasteiger partial charge in [-0.3, -0.25) is 0 Å². The summed E-state index contributed by atoms with van der Waals surface area (Å²) in [5.74, 6) is 3.25. The van der Waals surface area contributed by atoms with E-state index < -0.39 is 5.60 Å². The van der Waals surface area contributed by atoms with E-state index in [9.17, 15) is 10.2 Å². The number of aliphatic hydroxyl groups excluding tert-OH is 1. The Morgan fingerprint density at radius 2 is 1.62 bits per heavy atom. The first-order valence-corrected chi connectivity index (χ1v) is 13.2. The first-order valence-electron chi connectivity index (χ1n) is 13.2. The Morgan fingerprint density at radius 1 is 0.912 bits per heavy atom. The highest BCUT2D eigenvalue weighted by atomic mass is 16.3. The van der Waals surface area contributed by atoms with E-state index in [4.69, 9.17) is 4.98 Å². The van der Waals surface area contributed by atoms with Crippen LogP contribution in [0.15, 0.2) is 36.5 Å². The summed E-state index contributed by atoms with van der Waals surface area (Å²) in [5.41, 5.74) is 1.80. The Hall–Kier alpha value is -2.38. The van der Waals surface area contributed by atoms with Crippen molar-refractivity contribution in [1.82, 2.24) is 9.97 Å². The summed E-state index contributed by atoms with van der Waals surface area (Å²) in [6.07, 6.45) is 11.1. The van der Waals surface area contributed by atoms with Gasteiger partial charge in [0.2, 0.25) is 5.95 Å². The molecule has 1 aromatic carbocycles. The van der Waals surface area contributed by atoms with Crippen LogP contribution in [0.1, 0.15) is 57.8 Å². The van der Waals surface area contributed by atoms with E-state index in [1.165, 1.54) is 31.4 Å². The van der Waals surface area contributed by atoms with Crippen LogP contribution >= 0.6 is 0 Å². The van der Waals surface area contributed by atoms with E-state index in [1.807, 2.05) is 12.3 Å². The molecule has 3 heterocycles. The number of fused-ring (bicyclic) bond motifs is 2. The Kier molecular flexibility index (Phi) is 4.82. The highest BCUT2D eigenvalue weighted by Crippen LogP contribution is 2.56. The normalized spacial score (nSPS) is 39.9. The highest BCUT2D eigenvalue weighted by Gasteiger charge is 2.54. The molecule has 2 saturated heterocycles. The van der Waals surface area contributed by atoms with Gasteiger partial charge < -0.3 is 25.7 Å². The summed E-state index contributed by atoms with van der Waals surface area (Å²) < 4.78 is 0. The zero-order valence-electron chi connectivity index (χ0n) is 19.6. The minimum absolute atomic E-state index is 0.142. The van der Waals surface area contributed by atoms with Gasteiger partial charge in [-0.15, -0.1) is 0 Å². The third-order valence-corrected chi connectivity index (χ3v) is 9.34. The molecule has 7 nitrogen and oxygen atoms in total. The molecule has 4 unspecified atom stereocenters. The van der Waals surface area contributed by atoms with Crippen molar-refractivity contribution in [3.05, 3.63) is 36.5 Å². The number of piperidine rings is 1. The molecule has 4 aliphatic carbocycles. The van der Waals surface area contributed by atoms with Crippen molar-refractivity contribution in [1.29, 1.82) is 0 Å². The average molecular weight is 462 g/mol. The second-order valence-corrected chi connectivity index (χ2v) is 11.7. The number of hydrogen-bond donors (Lipinski definition) is 4. The summed E-state index contributed by atoms with van der Waals surface area (Å²) in [7, 11) is 0. The Balaban J connectivity index is 1.03. The number of nitrogens with zero attached hydrogens (tertiary/aromatic N) is 3. The van der Waals surface area contributed by atoms with Crippen LogP contribution in [-0.2, 0) is 0 Å². The van der Waals surface area contributed by atoms with Gasteiger partial charge in [0.1, 0.15) is 5.82 Å². The number of benzene rings is 1. The van der Waals surface area contributed by atoms with Crippen LogP contribution in [0.3, 0.4) is 0 Å². The van der Waals surface area contributed by atoms with Gasteiger partial charge in [-0.25, -0.2) is 4.98 Å². The molecule has 2 aliphatic heterocycles. The zero-order valence-corrected chi connectivity index (χ0v) is 19.6. The largest absolute Gasteiger partial charge is 0.393 e. The first-order chi connectivity index (χ1) is 16.5. The van der Waals surface area contributed by atoms with Crippen molar-refractivity contribution in [2.75, 3.05) is 15.5 Å². The lowest BCUT2D eigenvalue weighted by molar-refractivity contribution is -0.129. The molecular weight excluding hydrogens is 426 g/mol. The van der Waals surface area contributed by atoms with Crippen LogP contribution in [0.25, 0.3) is 0 Å². The molecule has 1 aromatic heterocycles. The summed E-state index contributed by atoms with van der Waals surface area (Å²) in [6, 6.07) is 11.8. The van der Waals surface area contributed by atoms with Gasteiger partial charge in [0.25, 0.3) is 0 Å². The van der Waals surface area contributed by atoms with E-state index >= 15 is 0 Å². The maximum absolute atomic E-state index is 10.9. The second kappa shape index (κ2) is 7.82. The lowest BCUT2D eigenvalue weighted by atomic mass is 9.52. The van der Waals surface area contributed by atoms with Crippen molar-refractivity contribution < 1.29 is 10.2 Å². The van der Waals surface area contributed by atoms with Crippen molar-refractivity contribution in [3.8, 4) is 0 Å². The molecule has 6 bridgehead atoms. The standard InChI is InChI=1S/C27H35N5O2/c33-23-11-21-5-6-22(12-23)32(21)20-3-1-19(2-4-20)29-26-28-8-7-24(31-26)30-25-17-9-16-10-18(25)15-27(34,13-16)14-17/h1-4,7-8,16-18,21-23,25,33-34H,5-6,9-15H2,(H2,28,29,30,31). The fourth-order valence-corrected chi connectivity index (χ4v) is 8.30. The van der Waals surface area contributed by atoms with Gasteiger partial charge >= 0.3 is 0 Å². The lowest BCUT2D eigenvalue weighted by Gasteiger charge is -2.58. The van der Waals surface area contributed by atoms with Gasteiger partial charge in [-0.05, 0) is 106 Å². The Bertz CT molecular complexity index is 1030. The van der Waals surface area contributed by atoms with Gasteiger partial charge in [0, 0.05) is 35.7 Å². The van der Waals surface area contributed by atoms with Crippen LogP contribution in [-0.4, -0.2) is 50.0 Å². The van der Waals surface area contributed by atoms with E-state index in [0.717, 1.165) is 43.6 Å². The summed E-state index contributed by atoms with van der Waals surface area (Å²) in [4.78, 5) is 11.7. The minimum Gasteiger partial charge on any atom is -0.393 e. The molecule has 6 aliphatic rings. The van der Waals surface area contributed by atoms with Crippen LogP contribution in [0, 0.1) is 17.8 Å². The van der Waals surface area contributed by atoms with Crippen molar-refractivity contribution in [2.24, 2.45) is 17.8 Å². The molecule has 180 valence electrons. The summed E-state index contributed by atoms with van der Waals surface area (Å²) >= 11 is 0. The zero-order chi connectivity index (χ0) is 22.9. The van der Waals surface area contributed by atoms with Crippen LogP contribution in [0.2, 0.25) is 0 Å². The molecule has 4 N–H and O–H groups in total. The smallest absolute Gasteiger partial charge is 0.229 e. The third kappa shape index (κ3) is 3.64. The Labute approximate surface area is 201 Å². The quantitative estimate of drug-likeness (QED) is 0.533. The predicted molar refractivity (Wildman–Crippen MR) is 132 cm³/mol. The fourth-order valence-electron chi connectivity index (χ4n) is 8.30. The maximum Gasteiger partial charge on any atom is 0.229 e. The fraction of sp³-hybridized carbons (Fsp3) is 0.630. The summed E-state index contributed by atoms with van der Waals surface area (Å²) in [5, 5.41) is 28.0. The van der Waals surface area contributed by atoms with E-state index in [-0.39, 0.29) is 6.10 Å². The third-order valence-electron chi connectivity index (χ3n) is 9.34. The number of hydrogen-bond acceptors (Lipinski definition) is 7. The SMILES string of the molecule is OC1CC2CCC(C1)N2c1ccc(Nc2nccc(NC3C4CC5CC3CC(O)(C5)C4)n2)cc1. The predicted octanol–water partition coefficient (Wildman–Crippen LogP) is 4.06. The van der Waals surface area contributed by atoms with E-state index in [1.54, 1.807) is 0 Å².